The van der Waals surface area contributed by atoms with Gasteiger partial charge in [0.2, 0.25) is 0 Å². The second-order valence-electron chi connectivity index (χ2n) is 4.00. The third-order valence-corrected chi connectivity index (χ3v) is 2.57. The summed E-state index contributed by atoms with van der Waals surface area (Å²) >= 11 is 0. The van der Waals surface area contributed by atoms with Crippen LogP contribution in [0.4, 0.5) is 0 Å². The predicted molar refractivity (Wildman–Crippen MR) is 48.9 cm³/mol. The summed E-state index contributed by atoms with van der Waals surface area (Å²) in [5.41, 5.74) is 0. The molecule has 1 unspecified atom stereocenters. The number of ether oxygens (including phenoxy) is 2. The average molecular weight is 172 g/mol. The lowest BCUT2D eigenvalue weighted by Crippen LogP contribution is -2.18. The molecule has 0 aromatic heterocycles. The Labute approximate surface area is 75.2 Å². The maximum Gasteiger partial charge on any atom is 0.157 e. The van der Waals surface area contributed by atoms with Crippen molar-refractivity contribution in [1.82, 2.24) is 0 Å². The Balaban J connectivity index is 2.07. The van der Waals surface area contributed by atoms with E-state index in [4.69, 9.17) is 9.47 Å². The van der Waals surface area contributed by atoms with Crippen molar-refractivity contribution in [2.45, 2.75) is 39.9 Å². The molecule has 1 rings (SSSR count). The van der Waals surface area contributed by atoms with Crippen molar-refractivity contribution in [2.75, 3.05) is 13.2 Å². The minimum atomic E-state index is 0.0891. The lowest BCUT2D eigenvalue weighted by Gasteiger charge is -2.18. The molecule has 72 valence electrons. The fourth-order valence-corrected chi connectivity index (χ4v) is 1.13. The van der Waals surface area contributed by atoms with Gasteiger partial charge in [-0.3, -0.25) is 0 Å². The smallest absolute Gasteiger partial charge is 0.157 e. The summed E-state index contributed by atoms with van der Waals surface area (Å²) in [5.74, 6) is 1.33. The van der Waals surface area contributed by atoms with Gasteiger partial charge >= 0.3 is 0 Å². The van der Waals surface area contributed by atoms with Gasteiger partial charge in [-0.2, -0.15) is 0 Å². The molecule has 0 saturated carbocycles. The van der Waals surface area contributed by atoms with Crippen LogP contribution in [0.5, 0.6) is 0 Å². The lowest BCUT2D eigenvalue weighted by atomic mass is 9.99. The van der Waals surface area contributed by atoms with E-state index in [2.05, 4.69) is 20.8 Å². The van der Waals surface area contributed by atoms with Crippen LogP contribution in [0, 0.1) is 11.8 Å². The molecule has 1 aliphatic rings. The molecule has 0 spiro atoms. The Morgan fingerprint density at radius 3 is 2.67 bits per heavy atom. The predicted octanol–water partition coefficient (Wildman–Crippen LogP) is 2.43. The molecule has 0 bridgehead atoms. The van der Waals surface area contributed by atoms with E-state index in [1.807, 2.05) is 0 Å². The summed E-state index contributed by atoms with van der Waals surface area (Å²) in [5, 5.41) is 0. The summed E-state index contributed by atoms with van der Waals surface area (Å²) in [6.45, 7) is 8.38. The third-order valence-electron chi connectivity index (χ3n) is 2.57. The van der Waals surface area contributed by atoms with Gasteiger partial charge in [-0.1, -0.05) is 20.8 Å². The van der Waals surface area contributed by atoms with Gasteiger partial charge in [-0.25, -0.2) is 0 Å². The number of hydrogen-bond acceptors (Lipinski definition) is 2. The van der Waals surface area contributed by atoms with Crippen molar-refractivity contribution < 1.29 is 9.47 Å². The normalized spacial score (nSPS) is 26.5. The first kappa shape index (κ1) is 10.0. The van der Waals surface area contributed by atoms with E-state index in [1.165, 1.54) is 0 Å². The van der Waals surface area contributed by atoms with Gasteiger partial charge < -0.3 is 9.47 Å². The zero-order valence-electron chi connectivity index (χ0n) is 8.38. The van der Waals surface area contributed by atoms with Crippen LogP contribution in [0.15, 0.2) is 0 Å². The second-order valence-corrected chi connectivity index (χ2v) is 4.00. The van der Waals surface area contributed by atoms with Crippen LogP contribution in [0.1, 0.15) is 33.6 Å². The van der Waals surface area contributed by atoms with Gasteiger partial charge in [0.1, 0.15) is 0 Å². The molecule has 0 aromatic carbocycles. The average Bonchev–Trinajstić information content (AvgIpc) is 2.51. The SMILES string of the molecule is CC(C)[C@H](C)COC1CCCO1. The van der Waals surface area contributed by atoms with Crippen molar-refractivity contribution in [3.8, 4) is 0 Å². The van der Waals surface area contributed by atoms with Crippen molar-refractivity contribution in [2.24, 2.45) is 11.8 Å². The zero-order chi connectivity index (χ0) is 8.97. The molecule has 0 radical (unpaired) electrons. The molecule has 12 heavy (non-hydrogen) atoms. The third kappa shape index (κ3) is 3.11. The maximum atomic E-state index is 5.60. The molecule has 0 aromatic rings. The molecule has 2 nitrogen and oxygen atoms in total. The van der Waals surface area contributed by atoms with E-state index in [1.54, 1.807) is 0 Å². The maximum absolute atomic E-state index is 5.60. The molecular formula is C10H20O2. The molecule has 2 heteroatoms. The first-order chi connectivity index (χ1) is 5.70. The van der Waals surface area contributed by atoms with Gasteiger partial charge in [0.05, 0.1) is 6.61 Å². The van der Waals surface area contributed by atoms with E-state index < -0.39 is 0 Å². The molecular weight excluding hydrogens is 152 g/mol. The Morgan fingerprint density at radius 2 is 2.17 bits per heavy atom. The number of hydrogen-bond donors (Lipinski definition) is 0. The Hall–Kier alpha value is -0.0800. The number of rotatable bonds is 4. The topological polar surface area (TPSA) is 18.5 Å². The van der Waals surface area contributed by atoms with Gasteiger partial charge in [0.15, 0.2) is 6.29 Å². The zero-order valence-corrected chi connectivity index (χ0v) is 8.38. The summed E-state index contributed by atoms with van der Waals surface area (Å²) in [4.78, 5) is 0. The summed E-state index contributed by atoms with van der Waals surface area (Å²) < 4.78 is 11.0. The summed E-state index contributed by atoms with van der Waals surface area (Å²) in [6.07, 6.45) is 2.32. The van der Waals surface area contributed by atoms with Crippen LogP contribution < -0.4 is 0 Å². The van der Waals surface area contributed by atoms with E-state index >= 15 is 0 Å². The first-order valence-electron chi connectivity index (χ1n) is 4.93. The van der Waals surface area contributed by atoms with Gasteiger partial charge in [-0.15, -0.1) is 0 Å². The Kier molecular flexibility index (Phi) is 4.02. The van der Waals surface area contributed by atoms with Crippen LogP contribution in [0.25, 0.3) is 0 Å². The molecule has 0 aliphatic carbocycles. The highest BCUT2D eigenvalue weighted by atomic mass is 16.7. The van der Waals surface area contributed by atoms with Gasteiger partial charge in [0, 0.05) is 13.0 Å². The van der Waals surface area contributed by atoms with Crippen LogP contribution in [0.2, 0.25) is 0 Å². The molecule has 2 atom stereocenters. The van der Waals surface area contributed by atoms with E-state index in [-0.39, 0.29) is 6.29 Å². The minimum Gasteiger partial charge on any atom is -0.353 e. The van der Waals surface area contributed by atoms with Crippen LogP contribution in [-0.2, 0) is 9.47 Å². The Morgan fingerprint density at radius 1 is 1.42 bits per heavy atom. The summed E-state index contributed by atoms with van der Waals surface area (Å²) in [6, 6.07) is 0. The largest absolute Gasteiger partial charge is 0.353 e. The molecule has 1 aliphatic heterocycles. The van der Waals surface area contributed by atoms with E-state index in [0.29, 0.717) is 11.8 Å². The van der Waals surface area contributed by atoms with Gasteiger partial charge in [-0.05, 0) is 18.3 Å². The Bertz CT molecular complexity index is 115. The highest BCUT2D eigenvalue weighted by Gasteiger charge is 2.17. The quantitative estimate of drug-likeness (QED) is 0.648. The highest BCUT2D eigenvalue weighted by molar-refractivity contribution is 4.59. The highest BCUT2D eigenvalue weighted by Crippen LogP contribution is 2.16. The van der Waals surface area contributed by atoms with Crippen molar-refractivity contribution >= 4 is 0 Å². The van der Waals surface area contributed by atoms with E-state index in [9.17, 15) is 0 Å². The molecule has 0 amide bonds. The fourth-order valence-electron chi connectivity index (χ4n) is 1.13. The first-order valence-corrected chi connectivity index (χ1v) is 4.93. The molecule has 1 fully saturated rings. The van der Waals surface area contributed by atoms with Crippen molar-refractivity contribution in [3.63, 3.8) is 0 Å². The molecule has 1 saturated heterocycles. The lowest BCUT2D eigenvalue weighted by molar-refractivity contribution is -0.121. The monoisotopic (exact) mass is 172 g/mol. The standard InChI is InChI=1S/C10H20O2/c1-8(2)9(3)7-12-10-5-4-6-11-10/h8-10H,4-7H2,1-3H3/t9-,10?/m1/s1. The second kappa shape index (κ2) is 4.83. The van der Waals surface area contributed by atoms with Crippen LogP contribution in [0.3, 0.4) is 0 Å². The van der Waals surface area contributed by atoms with Crippen molar-refractivity contribution in [1.29, 1.82) is 0 Å². The molecule has 1 heterocycles. The van der Waals surface area contributed by atoms with E-state index in [0.717, 1.165) is 26.1 Å². The van der Waals surface area contributed by atoms with Crippen LogP contribution in [-0.4, -0.2) is 19.5 Å². The van der Waals surface area contributed by atoms with Gasteiger partial charge in [0.25, 0.3) is 0 Å². The van der Waals surface area contributed by atoms with Crippen LogP contribution >= 0.6 is 0 Å². The fraction of sp³-hybridized carbons (Fsp3) is 1.00. The minimum absolute atomic E-state index is 0.0891. The van der Waals surface area contributed by atoms with Crippen molar-refractivity contribution in [3.05, 3.63) is 0 Å². The molecule has 0 N–H and O–H groups in total. The summed E-state index contributed by atoms with van der Waals surface area (Å²) in [7, 11) is 0.